The van der Waals surface area contributed by atoms with E-state index in [1.807, 2.05) is 6.92 Å². The molecule has 0 bridgehead atoms. The Labute approximate surface area is 96.1 Å². The Hall–Kier alpha value is -1.14. The maximum absolute atomic E-state index is 11.7. The Morgan fingerprint density at radius 2 is 2.06 bits per heavy atom. The van der Waals surface area contributed by atoms with Gasteiger partial charge < -0.3 is 20.7 Å². The van der Waals surface area contributed by atoms with Gasteiger partial charge in [0.05, 0.1) is 13.2 Å². The third kappa shape index (κ3) is 5.09. The molecular weight excluding hydrogens is 210 g/mol. The third-order valence-corrected chi connectivity index (χ3v) is 2.07. The van der Waals surface area contributed by atoms with E-state index in [1.54, 1.807) is 6.92 Å². The fourth-order valence-corrected chi connectivity index (χ4v) is 1.26. The molecule has 0 saturated carbocycles. The second-order valence-electron chi connectivity index (χ2n) is 3.37. The van der Waals surface area contributed by atoms with Crippen LogP contribution in [0.15, 0.2) is 0 Å². The summed E-state index contributed by atoms with van der Waals surface area (Å²) in [6.45, 7) is 4.83. The summed E-state index contributed by atoms with van der Waals surface area (Å²) in [5.41, 5.74) is 5.61. The fourth-order valence-electron chi connectivity index (χ4n) is 1.26. The molecule has 0 radical (unpaired) electrons. The summed E-state index contributed by atoms with van der Waals surface area (Å²) in [5.74, 6) is -0.446. The lowest BCUT2D eigenvalue weighted by atomic mass is 10.2. The topological polar surface area (TPSA) is 84.7 Å². The van der Waals surface area contributed by atoms with E-state index in [-0.39, 0.29) is 25.0 Å². The maximum Gasteiger partial charge on any atom is 0.242 e. The van der Waals surface area contributed by atoms with E-state index in [9.17, 15) is 9.59 Å². The van der Waals surface area contributed by atoms with Gasteiger partial charge in [0, 0.05) is 20.2 Å². The number of rotatable bonds is 7. The molecule has 0 heterocycles. The number of carbonyl (C=O) groups is 2. The standard InChI is InChI=1S/C10H21N3O3/c1-4-12-9(14)6-13(5-2)10(15)8(11)7-16-3/h8H,4-7,11H2,1-3H3,(H,12,14). The van der Waals surface area contributed by atoms with Gasteiger partial charge in [-0.1, -0.05) is 0 Å². The van der Waals surface area contributed by atoms with Gasteiger partial charge in [-0.05, 0) is 13.8 Å². The molecule has 1 unspecified atom stereocenters. The van der Waals surface area contributed by atoms with E-state index in [0.29, 0.717) is 13.1 Å². The van der Waals surface area contributed by atoms with E-state index in [4.69, 9.17) is 10.5 Å². The third-order valence-electron chi connectivity index (χ3n) is 2.07. The molecule has 6 nitrogen and oxygen atoms in total. The van der Waals surface area contributed by atoms with Gasteiger partial charge in [-0.15, -0.1) is 0 Å². The fraction of sp³-hybridized carbons (Fsp3) is 0.800. The summed E-state index contributed by atoms with van der Waals surface area (Å²) in [7, 11) is 1.48. The Morgan fingerprint density at radius 1 is 1.44 bits per heavy atom. The molecule has 0 aromatic carbocycles. The number of hydrogen-bond acceptors (Lipinski definition) is 4. The van der Waals surface area contributed by atoms with Crippen LogP contribution in [0.5, 0.6) is 0 Å². The molecule has 16 heavy (non-hydrogen) atoms. The van der Waals surface area contributed by atoms with Crippen LogP contribution in [0, 0.1) is 0 Å². The summed E-state index contributed by atoms with van der Waals surface area (Å²) >= 11 is 0. The first-order chi connectivity index (χ1) is 7.56. The predicted octanol–water partition coefficient (Wildman–Crippen LogP) is -1.06. The highest BCUT2D eigenvalue weighted by Crippen LogP contribution is 1.94. The molecule has 0 saturated heterocycles. The monoisotopic (exact) mass is 231 g/mol. The minimum Gasteiger partial charge on any atom is -0.383 e. The largest absolute Gasteiger partial charge is 0.383 e. The number of nitrogens with zero attached hydrogens (tertiary/aromatic N) is 1. The van der Waals surface area contributed by atoms with Gasteiger partial charge in [0.15, 0.2) is 0 Å². The van der Waals surface area contributed by atoms with Crippen molar-refractivity contribution in [2.75, 3.05) is 33.4 Å². The van der Waals surface area contributed by atoms with Crippen molar-refractivity contribution in [2.24, 2.45) is 5.73 Å². The molecule has 0 aliphatic carbocycles. The summed E-state index contributed by atoms with van der Waals surface area (Å²) in [6.07, 6.45) is 0. The maximum atomic E-state index is 11.7. The Balaban J connectivity index is 4.26. The van der Waals surface area contributed by atoms with E-state index in [0.717, 1.165) is 0 Å². The van der Waals surface area contributed by atoms with Crippen LogP contribution in [0.1, 0.15) is 13.8 Å². The van der Waals surface area contributed by atoms with Gasteiger partial charge in [0.1, 0.15) is 6.04 Å². The van der Waals surface area contributed by atoms with Crippen LogP contribution in [-0.2, 0) is 14.3 Å². The molecule has 6 heteroatoms. The normalized spacial score (nSPS) is 12.0. The van der Waals surface area contributed by atoms with E-state index in [1.165, 1.54) is 12.0 Å². The number of likely N-dealkylation sites (N-methyl/N-ethyl adjacent to an activating group) is 2. The molecule has 0 aromatic heterocycles. The number of carbonyl (C=O) groups excluding carboxylic acids is 2. The number of ether oxygens (including phenoxy) is 1. The Kier molecular flexibility index (Phi) is 7.49. The van der Waals surface area contributed by atoms with Crippen molar-refractivity contribution in [1.29, 1.82) is 0 Å². The van der Waals surface area contributed by atoms with Gasteiger partial charge in [0.25, 0.3) is 0 Å². The van der Waals surface area contributed by atoms with Crippen LogP contribution in [0.4, 0.5) is 0 Å². The molecule has 0 aliphatic rings. The zero-order chi connectivity index (χ0) is 12.6. The molecule has 0 spiro atoms. The van der Waals surface area contributed by atoms with Gasteiger partial charge in [0.2, 0.25) is 11.8 Å². The average Bonchev–Trinajstić information content (AvgIpc) is 2.25. The number of methoxy groups -OCH3 is 1. The van der Waals surface area contributed by atoms with Gasteiger partial charge in [-0.3, -0.25) is 9.59 Å². The van der Waals surface area contributed by atoms with Crippen LogP contribution >= 0.6 is 0 Å². The number of nitrogens with one attached hydrogen (secondary N) is 1. The summed E-state index contributed by atoms with van der Waals surface area (Å²) in [6, 6.07) is -0.709. The molecule has 3 N–H and O–H groups in total. The van der Waals surface area contributed by atoms with Gasteiger partial charge in [-0.25, -0.2) is 0 Å². The highest BCUT2D eigenvalue weighted by atomic mass is 16.5. The summed E-state index contributed by atoms with van der Waals surface area (Å²) in [5, 5.41) is 2.63. The lowest BCUT2D eigenvalue weighted by molar-refractivity contribution is -0.137. The van der Waals surface area contributed by atoms with E-state index < -0.39 is 6.04 Å². The van der Waals surface area contributed by atoms with Gasteiger partial charge in [-0.2, -0.15) is 0 Å². The lowest BCUT2D eigenvalue weighted by Gasteiger charge is -2.23. The minimum absolute atomic E-state index is 0.0422. The molecule has 0 aromatic rings. The SMILES string of the molecule is CCNC(=O)CN(CC)C(=O)C(N)COC. The molecule has 94 valence electrons. The number of hydrogen-bond donors (Lipinski definition) is 2. The van der Waals surface area contributed by atoms with Crippen LogP contribution in [-0.4, -0.2) is 56.1 Å². The first-order valence-electron chi connectivity index (χ1n) is 5.36. The quantitative estimate of drug-likeness (QED) is 0.585. The van der Waals surface area contributed by atoms with Crippen LogP contribution < -0.4 is 11.1 Å². The first-order valence-corrected chi connectivity index (χ1v) is 5.36. The highest BCUT2D eigenvalue weighted by Gasteiger charge is 2.21. The summed E-state index contributed by atoms with van der Waals surface area (Å²) < 4.78 is 4.80. The summed E-state index contributed by atoms with van der Waals surface area (Å²) in [4.78, 5) is 24.5. The van der Waals surface area contributed by atoms with Crippen molar-refractivity contribution < 1.29 is 14.3 Å². The highest BCUT2D eigenvalue weighted by molar-refractivity contribution is 5.87. The van der Waals surface area contributed by atoms with Crippen molar-refractivity contribution in [3.8, 4) is 0 Å². The molecule has 2 amide bonds. The van der Waals surface area contributed by atoms with E-state index in [2.05, 4.69) is 5.32 Å². The van der Waals surface area contributed by atoms with E-state index >= 15 is 0 Å². The van der Waals surface area contributed by atoms with Crippen LogP contribution in [0.3, 0.4) is 0 Å². The average molecular weight is 231 g/mol. The van der Waals surface area contributed by atoms with Crippen LogP contribution in [0.2, 0.25) is 0 Å². The minimum atomic E-state index is -0.709. The van der Waals surface area contributed by atoms with Crippen molar-refractivity contribution >= 4 is 11.8 Å². The predicted molar refractivity (Wildman–Crippen MR) is 60.8 cm³/mol. The van der Waals surface area contributed by atoms with Crippen molar-refractivity contribution in [1.82, 2.24) is 10.2 Å². The van der Waals surface area contributed by atoms with Crippen molar-refractivity contribution in [3.63, 3.8) is 0 Å². The lowest BCUT2D eigenvalue weighted by Crippen LogP contribution is -2.49. The van der Waals surface area contributed by atoms with Crippen LogP contribution in [0.25, 0.3) is 0 Å². The molecule has 0 aliphatic heterocycles. The van der Waals surface area contributed by atoms with Gasteiger partial charge >= 0.3 is 0 Å². The second kappa shape index (κ2) is 8.06. The Bertz CT molecular complexity index is 233. The molecule has 1 atom stereocenters. The van der Waals surface area contributed by atoms with Crippen molar-refractivity contribution in [2.45, 2.75) is 19.9 Å². The Morgan fingerprint density at radius 3 is 2.50 bits per heavy atom. The first kappa shape index (κ1) is 14.9. The number of amides is 2. The smallest absolute Gasteiger partial charge is 0.242 e. The van der Waals surface area contributed by atoms with Crippen molar-refractivity contribution in [3.05, 3.63) is 0 Å². The molecule has 0 rings (SSSR count). The molecular formula is C10H21N3O3. The number of nitrogens with two attached hydrogens (primary N) is 1. The zero-order valence-electron chi connectivity index (χ0n) is 10.2. The zero-order valence-corrected chi connectivity index (χ0v) is 10.2. The molecule has 0 fully saturated rings. The second-order valence-corrected chi connectivity index (χ2v) is 3.37.